The molecule has 0 bridgehead atoms. The molecule has 3 aliphatic rings. The van der Waals surface area contributed by atoms with Crippen molar-refractivity contribution in [2.24, 2.45) is 5.92 Å². The molecule has 0 aromatic heterocycles. The van der Waals surface area contributed by atoms with Crippen LogP contribution in [-0.2, 0) is 0 Å². The largest absolute Gasteiger partial charge is 0.311 e. The number of hydrogen-bond acceptors (Lipinski definition) is 2. The maximum Gasteiger partial charge on any atom is 0.0139 e. The van der Waals surface area contributed by atoms with Crippen molar-refractivity contribution in [1.29, 1.82) is 0 Å². The molecular weight excluding hydrogens is 196 g/mol. The molecule has 1 saturated carbocycles. The fourth-order valence-electron chi connectivity index (χ4n) is 3.03. The number of piperidine rings is 1. The van der Waals surface area contributed by atoms with E-state index < -0.39 is 0 Å². The smallest absolute Gasteiger partial charge is 0.0139 e. The summed E-state index contributed by atoms with van der Waals surface area (Å²) in [5.41, 5.74) is 0. The maximum absolute atomic E-state index is 3.82. The second-order valence-electron chi connectivity index (χ2n) is 5.82. The van der Waals surface area contributed by atoms with Crippen molar-refractivity contribution >= 4 is 0 Å². The van der Waals surface area contributed by atoms with Gasteiger partial charge in [-0.1, -0.05) is 12.2 Å². The predicted octanol–water partition coefficient (Wildman–Crippen LogP) is 2.17. The van der Waals surface area contributed by atoms with Gasteiger partial charge in [0.05, 0.1) is 0 Å². The van der Waals surface area contributed by atoms with E-state index in [2.05, 4.69) is 22.4 Å². The van der Waals surface area contributed by atoms with Gasteiger partial charge in [-0.3, -0.25) is 0 Å². The van der Waals surface area contributed by atoms with E-state index >= 15 is 0 Å². The number of nitrogens with zero attached hydrogens (tertiary/aromatic N) is 1. The Labute approximate surface area is 99.1 Å². The summed E-state index contributed by atoms with van der Waals surface area (Å²) in [6.45, 7) is 4.04. The van der Waals surface area contributed by atoms with E-state index in [9.17, 15) is 0 Å². The molecule has 1 saturated heterocycles. The normalized spacial score (nSPS) is 29.0. The zero-order chi connectivity index (χ0) is 10.8. The highest BCUT2D eigenvalue weighted by atomic mass is 15.1. The summed E-state index contributed by atoms with van der Waals surface area (Å²) in [5.74, 6) is 1.06. The summed E-state index contributed by atoms with van der Waals surface area (Å²) in [6.07, 6.45) is 12.9. The van der Waals surface area contributed by atoms with Crippen LogP contribution in [-0.4, -0.2) is 36.6 Å². The maximum atomic E-state index is 3.82. The van der Waals surface area contributed by atoms with Gasteiger partial charge >= 0.3 is 0 Å². The van der Waals surface area contributed by atoms with E-state index in [1.165, 1.54) is 58.2 Å². The minimum absolute atomic E-state index is 0.750. The third kappa shape index (κ3) is 2.86. The Bertz CT molecular complexity index is 241. The average molecular weight is 220 g/mol. The first kappa shape index (κ1) is 10.8. The zero-order valence-electron chi connectivity index (χ0n) is 10.2. The van der Waals surface area contributed by atoms with Crippen LogP contribution in [0.4, 0.5) is 0 Å². The van der Waals surface area contributed by atoms with Gasteiger partial charge in [-0.15, -0.1) is 0 Å². The van der Waals surface area contributed by atoms with Crippen LogP contribution in [0.3, 0.4) is 0 Å². The lowest BCUT2D eigenvalue weighted by atomic mass is 10.0. The summed E-state index contributed by atoms with van der Waals surface area (Å²) >= 11 is 0. The lowest BCUT2D eigenvalue weighted by Crippen LogP contribution is -2.46. The molecule has 16 heavy (non-hydrogen) atoms. The van der Waals surface area contributed by atoms with Crippen LogP contribution in [0, 0.1) is 5.92 Å². The SMILES string of the molecule is C1=CCC(NC2CCN(CC3CC3)CC2)C1. The van der Waals surface area contributed by atoms with Crippen molar-refractivity contribution in [3.8, 4) is 0 Å². The van der Waals surface area contributed by atoms with E-state index in [1.54, 1.807) is 0 Å². The molecule has 0 aromatic carbocycles. The van der Waals surface area contributed by atoms with Crippen molar-refractivity contribution in [2.75, 3.05) is 19.6 Å². The van der Waals surface area contributed by atoms with Crippen molar-refractivity contribution in [3.05, 3.63) is 12.2 Å². The van der Waals surface area contributed by atoms with Gasteiger partial charge in [0.25, 0.3) is 0 Å². The van der Waals surface area contributed by atoms with Crippen molar-refractivity contribution in [2.45, 2.75) is 50.6 Å². The minimum atomic E-state index is 0.750. The van der Waals surface area contributed by atoms with Crippen LogP contribution in [0.2, 0.25) is 0 Å². The standard InChI is InChI=1S/C14H24N2/c1-2-4-13(3-1)15-14-7-9-16(10-8-14)11-12-5-6-12/h1-2,12-15H,3-11H2. The van der Waals surface area contributed by atoms with Gasteiger partial charge in [0, 0.05) is 18.6 Å². The summed E-state index contributed by atoms with van der Waals surface area (Å²) in [7, 11) is 0. The van der Waals surface area contributed by atoms with Gasteiger partial charge in [0.1, 0.15) is 0 Å². The van der Waals surface area contributed by atoms with Crippen molar-refractivity contribution in [3.63, 3.8) is 0 Å². The number of likely N-dealkylation sites (tertiary alicyclic amines) is 1. The first-order valence-electron chi connectivity index (χ1n) is 7.03. The van der Waals surface area contributed by atoms with Crippen LogP contribution in [0.5, 0.6) is 0 Å². The predicted molar refractivity (Wildman–Crippen MR) is 67.5 cm³/mol. The summed E-state index contributed by atoms with van der Waals surface area (Å²) in [6, 6.07) is 1.54. The van der Waals surface area contributed by atoms with Crippen LogP contribution >= 0.6 is 0 Å². The molecule has 2 heteroatoms. The summed E-state index contributed by atoms with van der Waals surface area (Å²) < 4.78 is 0. The van der Waals surface area contributed by atoms with Crippen LogP contribution in [0.15, 0.2) is 12.2 Å². The quantitative estimate of drug-likeness (QED) is 0.731. The van der Waals surface area contributed by atoms with Gasteiger partial charge in [-0.25, -0.2) is 0 Å². The Morgan fingerprint density at radius 1 is 0.938 bits per heavy atom. The van der Waals surface area contributed by atoms with Crippen LogP contribution < -0.4 is 5.32 Å². The van der Waals surface area contributed by atoms with Crippen LogP contribution in [0.1, 0.15) is 38.5 Å². The molecule has 0 amide bonds. The van der Waals surface area contributed by atoms with E-state index in [0.29, 0.717) is 0 Å². The lowest BCUT2D eigenvalue weighted by molar-refractivity contribution is 0.185. The second-order valence-corrected chi connectivity index (χ2v) is 5.82. The van der Waals surface area contributed by atoms with E-state index in [4.69, 9.17) is 0 Å². The molecule has 3 rings (SSSR count). The van der Waals surface area contributed by atoms with E-state index in [0.717, 1.165) is 18.0 Å². The molecule has 0 radical (unpaired) electrons. The third-order valence-corrected chi connectivity index (χ3v) is 4.28. The molecule has 2 aliphatic carbocycles. The molecule has 2 nitrogen and oxygen atoms in total. The Balaban J connectivity index is 1.36. The minimum Gasteiger partial charge on any atom is -0.311 e. The Morgan fingerprint density at radius 2 is 1.62 bits per heavy atom. The number of nitrogens with one attached hydrogen (secondary N) is 1. The lowest BCUT2D eigenvalue weighted by Gasteiger charge is -2.34. The van der Waals surface area contributed by atoms with Gasteiger partial charge < -0.3 is 10.2 Å². The summed E-state index contributed by atoms with van der Waals surface area (Å²) in [4.78, 5) is 2.68. The van der Waals surface area contributed by atoms with E-state index in [-0.39, 0.29) is 0 Å². The van der Waals surface area contributed by atoms with Gasteiger partial charge in [-0.05, 0) is 57.5 Å². The highest BCUT2D eigenvalue weighted by molar-refractivity contribution is 4.99. The van der Waals surface area contributed by atoms with Gasteiger partial charge in [0.2, 0.25) is 0 Å². The average Bonchev–Trinajstić information content (AvgIpc) is 2.96. The van der Waals surface area contributed by atoms with Gasteiger partial charge in [0.15, 0.2) is 0 Å². The topological polar surface area (TPSA) is 15.3 Å². The van der Waals surface area contributed by atoms with Crippen LogP contribution in [0.25, 0.3) is 0 Å². The fraction of sp³-hybridized carbons (Fsp3) is 0.857. The Kier molecular flexibility index (Phi) is 3.30. The molecule has 0 aromatic rings. The molecule has 1 heterocycles. The van der Waals surface area contributed by atoms with Crippen molar-refractivity contribution in [1.82, 2.24) is 10.2 Å². The monoisotopic (exact) mass is 220 g/mol. The molecule has 0 unspecified atom stereocenters. The molecule has 1 aliphatic heterocycles. The van der Waals surface area contributed by atoms with Crippen molar-refractivity contribution < 1.29 is 0 Å². The number of rotatable bonds is 4. The van der Waals surface area contributed by atoms with E-state index in [1.807, 2.05) is 0 Å². The highest BCUT2D eigenvalue weighted by Gasteiger charge is 2.27. The second kappa shape index (κ2) is 4.89. The molecule has 2 fully saturated rings. The zero-order valence-corrected chi connectivity index (χ0v) is 10.2. The molecular formula is C14H24N2. The van der Waals surface area contributed by atoms with Gasteiger partial charge in [-0.2, -0.15) is 0 Å². The molecule has 90 valence electrons. The Morgan fingerprint density at radius 3 is 2.25 bits per heavy atom. The molecule has 0 spiro atoms. The highest BCUT2D eigenvalue weighted by Crippen LogP contribution is 2.30. The number of hydrogen-bond donors (Lipinski definition) is 1. The molecule has 0 atom stereocenters. The fourth-order valence-corrected chi connectivity index (χ4v) is 3.03. The first-order valence-corrected chi connectivity index (χ1v) is 7.03. The third-order valence-electron chi connectivity index (χ3n) is 4.28. The molecule has 1 N–H and O–H groups in total. The Hall–Kier alpha value is -0.340. The first-order chi connectivity index (χ1) is 7.90. The summed E-state index contributed by atoms with van der Waals surface area (Å²) in [5, 5.41) is 3.82.